The fourth-order valence-electron chi connectivity index (χ4n) is 2.83. The Balaban J connectivity index is 1.52. The fourth-order valence-corrected chi connectivity index (χ4v) is 2.83. The van der Waals surface area contributed by atoms with Gasteiger partial charge in [-0.2, -0.15) is 0 Å². The molecular weight excluding hydrogens is 268 g/mol. The summed E-state index contributed by atoms with van der Waals surface area (Å²) in [6, 6.07) is 10.1. The van der Waals surface area contributed by atoms with E-state index >= 15 is 0 Å². The molecule has 1 fully saturated rings. The van der Waals surface area contributed by atoms with Crippen LogP contribution >= 0.6 is 0 Å². The third-order valence-electron chi connectivity index (χ3n) is 4.21. The van der Waals surface area contributed by atoms with Gasteiger partial charge in [-0.05, 0) is 30.4 Å². The van der Waals surface area contributed by atoms with Crippen LogP contribution < -0.4 is 5.32 Å². The molecule has 21 heavy (non-hydrogen) atoms. The number of aliphatic carboxylic acids is 1. The van der Waals surface area contributed by atoms with Gasteiger partial charge < -0.3 is 15.4 Å². The van der Waals surface area contributed by atoms with Gasteiger partial charge in [0, 0.05) is 24.2 Å². The van der Waals surface area contributed by atoms with Crippen molar-refractivity contribution in [1.29, 1.82) is 0 Å². The second-order valence-corrected chi connectivity index (χ2v) is 5.55. The maximum absolute atomic E-state index is 11.9. The van der Waals surface area contributed by atoms with Crippen molar-refractivity contribution in [3.63, 3.8) is 0 Å². The minimum Gasteiger partial charge on any atom is -0.481 e. The summed E-state index contributed by atoms with van der Waals surface area (Å²) in [6.45, 7) is 0.522. The predicted molar refractivity (Wildman–Crippen MR) is 78.9 cm³/mol. The molecular formula is C16H18N2O3. The average molecular weight is 286 g/mol. The van der Waals surface area contributed by atoms with Crippen LogP contribution in [0.15, 0.2) is 30.3 Å². The van der Waals surface area contributed by atoms with Crippen molar-refractivity contribution in [2.45, 2.75) is 19.3 Å². The van der Waals surface area contributed by atoms with Crippen LogP contribution in [0.2, 0.25) is 0 Å². The third-order valence-corrected chi connectivity index (χ3v) is 4.21. The van der Waals surface area contributed by atoms with E-state index in [0.717, 1.165) is 16.6 Å². The predicted octanol–water partition coefficient (Wildman–Crippen LogP) is 1.94. The molecule has 3 N–H and O–H groups in total. The second-order valence-electron chi connectivity index (χ2n) is 5.55. The molecule has 1 amide bonds. The first-order valence-electron chi connectivity index (χ1n) is 7.22. The minimum absolute atomic E-state index is 0.134. The van der Waals surface area contributed by atoms with Crippen molar-refractivity contribution in [1.82, 2.24) is 10.3 Å². The molecule has 1 aromatic carbocycles. The summed E-state index contributed by atoms with van der Waals surface area (Å²) in [4.78, 5) is 26.1. The lowest BCUT2D eigenvalue weighted by atomic mass is 9.73. The van der Waals surface area contributed by atoms with Gasteiger partial charge in [0.1, 0.15) is 0 Å². The lowest BCUT2D eigenvalue weighted by Crippen LogP contribution is -2.44. The summed E-state index contributed by atoms with van der Waals surface area (Å²) in [7, 11) is 0. The van der Waals surface area contributed by atoms with Gasteiger partial charge in [0.2, 0.25) is 5.91 Å². The Hall–Kier alpha value is -2.30. The number of aromatic amines is 1. The van der Waals surface area contributed by atoms with Gasteiger partial charge in [0.25, 0.3) is 0 Å². The number of rotatable bonds is 5. The molecule has 1 aromatic heterocycles. The van der Waals surface area contributed by atoms with E-state index < -0.39 is 11.9 Å². The van der Waals surface area contributed by atoms with Crippen molar-refractivity contribution in [2.24, 2.45) is 11.8 Å². The molecule has 0 aliphatic heterocycles. The number of aromatic nitrogens is 1. The fraction of sp³-hybridized carbons (Fsp3) is 0.375. The van der Waals surface area contributed by atoms with Gasteiger partial charge >= 0.3 is 5.97 Å². The SMILES string of the molecule is O=C(O)C1CCC1C(=O)NCCc1cc2ccccc2[nH]1. The molecule has 0 saturated heterocycles. The molecule has 0 radical (unpaired) electrons. The number of nitrogens with one attached hydrogen (secondary N) is 2. The Labute approximate surface area is 122 Å². The third kappa shape index (κ3) is 2.77. The second kappa shape index (κ2) is 5.60. The first-order valence-corrected chi connectivity index (χ1v) is 7.22. The number of hydrogen-bond acceptors (Lipinski definition) is 2. The van der Waals surface area contributed by atoms with Crippen LogP contribution in [0.4, 0.5) is 0 Å². The topological polar surface area (TPSA) is 82.2 Å². The highest BCUT2D eigenvalue weighted by molar-refractivity contribution is 5.86. The number of H-pyrrole nitrogens is 1. The van der Waals surface area contributed by atoms with Crippen molar-refractivity contribution >= 4 is 22.8 Å². The standard InChI is InChI=1S/C16H18N2O3/c19-15(12-5-6-13(12)16(20)21)17-8-7-11-9-10-3-1-2-4-14(10)18-11/h1-4,9,12-13,18H,5-8H2,(H,17,19)(H,20,21). The quantitative estimate of drug-likeness (QED) is 0.785. The number of benzene rings is 1. The molecule has 110 valence electrons. The Morgan fingerprint density at radius 2 is 2.00 bits per heavy atom. The molecule has 1 saturated carbocycles. The number of carbonyl (C=O) groups is 2. The number of carboxylic acid groups (broad SMARTS) is 1. The Kier molecular flexibility index (Phi) is 3.64. The van der Waals surface area contributed by atoms with Crippen molar-refractivity contribution in [2.75, 3.05) is 6.54 Å². The van der Waals surface area contributed by atoms with Crippen LogP contribution in [-0.2, 0) is 16.0 Å². The molecule has 5 heteroatoms. The highest BCUT2D eigenvalue weighted by atomic mass is 16.4. The number of carboxylic acids is 1. The van der Waals surface area contributed by atoms with E-state index in [0.29, 0.717) is 25.8 Å². The van der Waals surface area contributed by atoms with Crippen LogP contribution in [0.3, 0.4) is 0 Å². The van der Waals surface area contributed by atoms with E-state index in [1.165, 1.54) is 0 Å². The van der Waals surface area contributed by atoms with Crippen molar-refractivity contribution in [3.05, 3.63) is 36.0 Å². The van der Waals surface area contributed by atoms with Crippen LogP contribution in [0, 0.1) is 11.8 Å². The normalized spacial score (nSPS) is 21.0. The molecule has 1 heterocycles. The molecule has 5 nitrogen and oxygen atoms in total. The van der Waals surface area contributed by atoms with Gasteiger partial charge in [-0.1, -0.05) is 18.2 Å². The van der Waals surface area contributed by atoms with Gasteiger partial charge in [0.15, 0.2) is 0 Å². The molecule has 1 aliphatic rings. The molecule has 2 aromatic rings. The van der Waals surface area contributed by atoms with E-state index in [1.54, 1.807) is 0 Å². The zero-order valence-corrected chi connectivity index (χ0v) is 11.6. The van der Waals surface area contributed by atoms with Crippen LogP contribution in [0.25, 0.3) is 10.9 Å². The first kappa shape index (κ1) is 13.7. The Morgan fingerprint density at radius 3 is 2.67 bits per heavy atom. The summed E-state index contributed by atoms with van der Waals surface area (Å²) >= 11 is 0. The van der Waals surface area contributed by atoms with E-state index in [4.69, 9.17) is 5.11 Å². The Morgan fingerprint density at radius 1 is 1.24 bits per heavy atom. The van der Waals surface area contributed by atoms with Gasteiger partial charge in [-0.3, -0.25) is 9.59 Å². The van der Waals surface area contributed by atoms with Crippen molar-refractivity contribution in [3.8, 4) is 0 Å². The molecule has 2 atom stereocenters. The van der Waals surface area contributed by atoms with Crippen molar-refractivity contribution < 1.29 is 14.7 Å². The zero-order valence-electron chi connectivity index (χ0n) is 11.6. The molecule has 2 unspecified atom stereocenters. The largest absolute Gasteiger partial charge is 0.481 e. The number of para-hydroxylation sites is 1. The van der Waals surface area contributed by atoms with E-state index in [2.05, 4.69) is 16.4 Å². The number of hydrogen-bond donors (Lipinski definition) is 3. The van der Waals surface area contributed by atoms with Crippen LogP contribution in [0.1, 0.15) is 18.5 Å². The number of carbonyl (C=O) groups excluding carboxylic acids is 1. The highest BCUT2D eigenvalue weighted by Crippen LogP contribution is 2.34. The summed E-state index contributed by atoms with van der Waals surface area (Å²) in [5.74, 6) is -1.86. The zero-order chi connectivity index (χ0) is 14.8. The molecule has 3 rings (SSSR count). The van der Waals surface area contributed by atoms with Gasteiger partial charge in [-0.25, -0.2) is 0 Å². The van der Waals surface area contributed by atoms with Crippen LogP contribution in [-0.4, -0.2) is 28.5 Å². The van der Waals surface area contributed by atoms with E-state index in [-0.39, 0.29) is 11.8 Å². The number of amides is 1. The first-order chi connectivity index (χ1) is 10.1. The summed E-state index contributed by atoms with van der Waals surface area (Å²) < 4.78 is 0. The molecule has 0 spiro atoms. The number of fused-ring (bicyclic) bond motifs is 1. The molecule has 0 bridgehead atoms. The lowest BCUT2D eigenvalue weighted by Gasteiger charge is -2.31. The van der Waals surface area contributed by atoms with Crippen LogP contribution in [0.5, 0.6) is 0 Å². The van der Waals surface area contributed by atoms with E-state index in [1.807, 2.05) is 24.3 Å². The van der Waals surface area contributed by atoms with Gasteiger partial charge in [-0.15, -0.1) is 0 Å². The summed E-state index contributed by atoms with van der Waals surface area (Å²) in [6.07, 6.45) is 2.00. The van der Waals surface area contributed by atoms with Gasteiger partial charge in [0.05, 0.1) is 11.8 Å². The average Bonchev–Trinajstić information content (AvgIpc) is 2.79. The minimum atomic E-state index is -0.864. The summed E-state index contributed by atoms with van der Waals surface area (Å²) in [5.41, 5.74) is 2.16. The maximum Gasteiger partial charge on any atom is 0.307 e. The lowest BCUT2D eigenvalue weighted by molar-refractivity contribution is -0.152. The highest BCUT2D eigenvalue weighted by Gasteiger charge is 2.41. The smallest absolute Gasteiger partial charge is 0.307 e. The summed E-state index contributed by atoms with van der Waals surface area (Å²) in [5, 5.41) is 12.9. The maximum atomic E-state index is 11.9. The van der Waals surface area contributed by atoms with E-state index in [9.17, 15) is 9.59 Å². The molecule has 1 aliphatic carbocycles. The monoisotopic (exact) mass is 286 g/mol. The Bertz CT molecular complexity index is 644.